The SMILES string of the molecule is CCN.Cc1ccccc1. The van der Waals surface area contributed by atoms with Gasteiger partial charge in [0, 0.05) is 0 Å². The van der Waals surface area contributed by atoms with E-state index in [9.17, 15) is 0 Å². The number of benzene rings is 1. The van der Waals surface area contributed by atoms with E-state index in [1.165, 1.54) is 5.56 Å². The van der Waals surface area contributed by atoms with Gasteiger partial charge in [-0.25, -0.2) is 0 Å². The lowest BCUT2D eigenvalue weighted by Crippen LogP contribution is -1.87. The molecule has 0 saturated heterocycles. The number of aryl methyl sites for hydroxylation is 1. The van der Waals surface area contributed by atoms with E-state index in [1.54, 1.807) is 0 Å². The summed E-state index contributed by atoms with van der Waals surface area (Å²) in [5, 5.41) is 0. The fraction of sp³-hybridized carbons (Fsp3) is 0.333. The number of nitrogens with two attached hydrogens (primary N) is 1. The molecule has 1 rings (SSSR count). The average molecular weight is 137 g/mol. The van der Waals surface area contributed by atoms with Gasteiger partial charge in [0.15, 0.2) is 0 Å². The normalized spacial score (nSPS) is 7.90. The molecule has 0 radical (unpaired) electrons. The van der Waals surface area contributed by atoms with Gasteiger partial charge in [0.1, 0.15) is 0 Å². The molecule has 1 heteroatoms. The maximum atomic E-state index is 4.85. The van der Waals surface area contributed by atoms with Gasteiger partial charge in [-0.3, -0.25) is 0 Å². The Kier molecular flexibility index (Phi) is 5.79. The molecule has 0 spiro atoms. The topological polar surface area (TPSA) is 26.0 Å². The molecule has 56 valence electrons. The Hall–Kier alpha value is -0.820. The predicted octanol–water partition coefficient (Wildman–Crippen LogP) is 1.96. The van der Waals surface area contributed by atoms with Crippen LogP contribution in [0.25, 0.3) is 0 Å². The first-order valence-corrected chi connectivity index (χ1v) is 3.53. The van der Waals surface area contributed by atoms with Crippen molar-refractivity contribution in [3.05, 3.63) is 35.9 Å². The molecule has 0 atom stereocenters. The second-order valence-electron chi connectivity index (χ2n) is 2.06. The van der Waals surface area contributed by atoms with Crippen LogP contribution in [-0.2, 0) is 0 Å². The van der Waals surface area contributed by atoms with E-state index in [0.717, 1.165) is 6.54 Å². The quantitative estimate of drug-likeness (QED) is 0.581. The molecule has 0 bridgehead atoms. The third-order valence-electron chi connectivity index (χ3n) is 0.940. The second-order valence-corrected chi connectivity index (χ2v) is 2.06. The maximum absolute atomic E-state index is 4.85. The summed E-state index contributed by atoms with van der Waals surface area (Å²) in [6, 6.07) is 10.3. The van der Waals surface area contributed by atoms with E-state index in [0.29, 0.717) is 0 Å². The minimum atomic E-state index is 0.750. The molecule has 0 saturated carbocycles. The van der Waals surface area contributed by atoms with Crippen LogP contribution in [0.5, 0.6) is 0 Å². The summed E-state index contributed by atoms with van der Waals surface area (Å²) in [6.07, 6.45) is 0. The van der Waals surface area contributed by atoms with Crippen LogP contribution in [0, 0.1) is 6.92 Å². The largest absolute Gasteiger partial charge is 0.331 e. The van der Waals surface area contributed by atoms with Crippen LogP contribution in [0.15, 0.2) is 30.3 Å². The first-order valence-electron chi connectivity index (χ1n) is 3.53. The van der Waals surface area contributed by atoms with E-state index in [2.05, 4.69) is 19.1 Å². The van der Waals surface area contributed by atoms with Crippen molar-refractivity contribution >= 4 is 0 Å². The van der Waals surface area contributed by atoms with Crippen LogP contribution in [0.1, 0.15) is 12.5 Å². The lowest BCUT2D eigenvalue weighted by molar-refractivity contribution is 1.14. The Morgan fingerprint density at radius 1 is 1.20 bits per heavy atom. The van der Waals surface area contributed by atoms with Crippen LogP contribution in [0.3, 0.4) is 0 Å². The molecule has 1 aromatic rings. The van der Waals surface area contributed by atoms with Gasteiger partial charge < -0.3 is 5.73 Å². The van der Waals surface area contributed by atoms with Crippen LogP contribution in [-0.4, -0.2) is 6.54 Å². The Morgan fingerprint density at radius 2 is 1.60 bits per heavy atom. The zero-order chi connectivity index (χ0) is 7.82. The molecule has 0 amide bonds. The van der Waals surface area contributed by atoms with E-state index < -0.39 is 0 Å². The van der Waals surface area contributed by atoms with Crippen molar-refractivity contribution < 1.29 is 0 Å². The highest BCUT2D eigenvalue weighted by Gasteiger charge is 1.72. The molecule has 0 aromatic heterocycles. The number of hydrogen-bond donors (Lipinski definition) is 1. The first kappa shape index (κ1) is 9.18. The Balaban J connectivity index is 0.000000236. The van der Waals surface area contributed by atoms with Gasteiger partial charge in [-0.05, 0) is 13.5 Å². The van der Waals surface area contributed by atoms with Gasteiger partial charge in [-0.2, -0.15) is 0 Å². The van der Waals surface area contributed by atoms with Gasteiger partial charge in [0.25, 0.3) is 0 Å². The third kappa shape index (κ3) is 5.32. The van der Waals surface area contributed by atoms with Gasteiger partial charge >= 0.3 is 0 Å². The molecule has 1 nitrogen and oxygen atoms in total. The Labute approximate surface area is 62.9 Å². The minimum Gasteiger partial charge on any atom is -0.331 e. The maximum Gasteiger partial charge on any atom is -0.0106 e. The Bertz CT molecular complexity index is 146. The molecule has 0 unspecified atom stereocenters. The van der Waals surface area contributed by atoms with E-state index in [-0.39, 0.29) is 0 Å². The highest BCUT2D eigenvalue weighted by molar-refractivity contribution is 5.11. The fourth-order valence-electron chi connectivity index (χ4n) is 0.534. The summed E-state index contributed by atoms with van der Waals surface area (Å²) in [5.74, 6) is 0. The summed E-state index contributed by atoms with van der Waals surface area (Å²) in [5.41, 5.74) is 6.17. The van der Waals surface area contributed by atoms with Gasteiger partial charge in [-0.15, -0.1) is 0 Å². The highest BCUT2D eigenvalue weighted by atomic mass is 14.5. The number of rotatable bonds is 0. The minimum absolute atomic E-state index is 0.750. The lowest BCUT2D eigenvalue weighted by Gasteiger charge is -1.82. The Morgan fingerprint density at radius 3 is 1.80 bits per heavy atom. The van der Waals surface area contributed by atoms with Crippen LogP contribution in [0.2, 0.25) is 0 Å². The van der Waals surface area contributed by atoms with Crippen molar-refractivity contribution in [3.63, 3.8) is 0 Å². The van der Waals surface area contributed by atoms with E-state index >= 15 is 0 Å². The third-order valence-corrected chi connectivity index (χ3v) is 0.940. The summed E-state index contributed by atoms with van der Waals surface area (Å²) < 4.78 is 0. The highest BCUT2D eigenvalue weighted by Crippen LogP contribution is 1.92. The van der Waals surface area contributed by atoms with Gasteiger partial charge in [0.05, 0.1) is 0 Å². The van der Waals surface area contributed by atoms with Crippen LogP contribution < -0.4 is 5.73 Å². The molecule has 0 heterocycles. The van der Waals surface area contributed by atoms with Crippen molar-refractivity contribution in [2.24, 2.45) is 5.73 Å². The van der Waals surface area contributed by atoms with Crippen LogP contribution >= 0.6 is 0 Å². The summed E-state index contributed by atoms with van der Waals surface area (Å²) in [7, 11) is 0. The monoisotopic (exact) mass is 137 g/mol. The zero-order valence-electron chi connectivity index (χ0n) is 6.67. The standard InChI is InChI=1S/C7H8.C2H7N/c1-7-5-3-2-4-6-7;1-2-3/h2-6H,1H3;2-3H2,1H3. The van der Waals surface area contributed by atoms with Gasteiger partial charge in [0.2, 0.25) is 0 Å². The summed E-state index contributed by atoms with van der Waals surface area (Å²) in [6.45, 7) is 4.74. The van der Waals surface area contributed by atoms with Crippen molar-refractivity contribution in [2.45, 2.75) is 13.8 Å². The smallest absolute Gasteiger partial charge is 0.0106 e. The van der Waals surface area contributed by atoms with E-state index in [1.807, 2.05) is 25.1 Å². The average Bonchev–Trinajstić information content (AvgIpc) is 1.91. The van der Waals surface area contributed by atoms with Gasteiger partial charge in [-0.1, -0.05) is 42.8 Å². The van der Waals surface area contributed by atoms with Crippen LogP contribution in [0.4, 0.5) is 0 Å². The second kappa shape index (κ2) is 6.30. The first-order chi connectivity index (χ1) is 4.81. The zero-order valence-corrected chi connectivity index (χ0v) is 6.67. The molecule has 0 aliphatic heterocycles. The molecule has 0 fully saturated rings. The van der Waals surface area contributed by atoms with Crippen molar-refractivity contribution in [2.75, 3.05) is 6.54 Å². The number of hydrogen-bond acceptors (Lipinski definition) is 1. The molecular weight excluding hydrogens is 122 g/mol. The predicted molar refractivity (Wildman–Crippen MR) is 45.9 cm³/mol. The molecular formula is C9H15N. The van der Waals surface area contributed by atoms with Crippen molar-refractivity contribution in [1.82, 2.24) is 0 Å². The van der Waals surface area contributed by atoms with Crippen molar-refractivity contribution in [1.29, 1.82) is 0 Å². The molecule has 2 N–H and O–H groups in total. The lowest BCUT2D eigenvalue weighted by atomic mass is 10.2. The molecule has 0 aliphatic carbocycles. The molecule has 0 aliphatic rings. The summed E-state index contributed by atoms with van der Waals surface area (Å²) in [4.78, 5) is 0. The molecule has 1 aromatic carbocycles. The summed E-state index contributed by atoms with van der Waals surface area (Å²) >= 11 is 0. The van der Waals surface area contributed by atoms with E-state index in [4.69, 9.17) is 5.73 Å². The van der Waals surface area contributed by atoms with Crippen molar-refractivity contribution in [3.8, 4) is 0 Å². The fourth-order valence-corrected chi connectivity index (χ4v) is 0.534. The molecule has 10 heavy (non-hydrogen) atoms.